The van der Waals surface area contributed by atoms with Gasteiger partial charge >= 0.3 is 35.0 Å². The molecule has 2 aliphatic heterocycles. The van der Waals surface area contributed by atoms with E-state index in [1.165, 1.54) is 57.6 Å². The molecular formula is C55H70MgN4O6-2. The van der Waals surface area contributed by atoms with Crippen molar-refractivity contribution in [1.29, 1.82) is 0 Å². The van der Waals surface area contributed by atoms with Crippen LogP contribution in [0.1, 0.15) is 185 Å². The summed E-state index contributed by atoms with van der Waals surface area (Å²) in [6.45, 7) is 23.5. The van der Waals surface area contributed by atoms with E-state index in [4.69, 9.17) is 29.7 Å². The summed E-state index contributed by atoms with van der Waals surface area (Å²) in [5.74, 6) is -0.983. The van der Waals surface area contributed by atoms with Crippen LogP contribution in [0.2, 0.25) is 0 Å². The van der Waals surface area contributed by atoms with Gasteiger partial charge in [-0.05, 0) is 87.7 Å². The number of carbonyl (C=O) groups is 4. The van der Waals surface area contributed by atoms with Crippen molar-refractivity contribution in [3.8, 4) is 0 Å². The first kappa shape index (κ1) is 52.4. The van der Waals surface area contributed by atoms with Crippen LogP contribution in [0.3, 0.4) is 0 Å². The number of carbonyl (C=O) groups excluding carboxylic acids is 4. The van der Waals surface area contributed by atoms with Gasteiger partial charge in [0.15, 0.2) is 5.78 Å². The zero-order valence-corrected chi connectivity index (χ0v) is 42.7. The molecule has 0 radical (unpaired) electrons. The molecule has 1 aliphatic carbocycles. The number of nitrogens with zero attached hydrogens (tertiary/aromatic N) is 4. The first-order valence-corrected chi connectivity index (χ1v) is 24.0. The Morgan fingerprint density at radius 3 is 2.14 bits per heavy atom. The molecule has 0 unspecified atom stereocenters. The number of ether oxygens (including phenoxy) is 2. The predicted octanol–water partition coefficient (Wildman–Crippen LogP) is 9.87. The summed E-state index contributed by atoms with van der Waals surface area (Å²) >= 11 is 0. The van der Waals surface area contributed by atoms with E-state index < -0.39 is 17.7 Å². The molecule has 66 heavy (non-hydrogen) atoms. The van der Waals surface area contributed by atoms with Crippen molar-refractivity contribution in [1.82, 2.24) is 15.0 Å². The van der Waals surface area contributed by atoms with Crippen molar-refractivity contribution >= 4 is 76.9 Å². The monoisotopic (exact) mass is 907 g/mol. The minimum atomic E-state index is -1.27. The number of aromatic nitrogens is 3. The molecule has 0 aromatic carbocycles. The van der Waals surface area contributed by atoms with Crippen molar-refractivity contribution in [3.63, 3.8) is 0 Å². The molecule has 3 aromatic heterocycles. The van der Waals surface area contributed by atoms with Gasteiger partial charge in [-0.2, -0.15) is 11.4 Å². The van der Waals surface area contributed by atoms with Crippen LogP contribution >= 0.6 is 0 Å². The molecule has 3 aliphatic rings. The number of Topliss-reactive ketones (excluding diaryl/α,β-unsaturated/α-hetero) is 1. The summed E-state index contributed by atoms with van der Waals surface area (Å²) in [7, 11) is 1.27. The van der Waals surface area contributed by atoms with E-state index in [9.17, 15) is 19.2 Å². The second kappa shape index (κ2) is 23.4. The van der Waals surface area contributed by atoms with Crippen LogP contribution in [0, 0.1) is 49.4 Å². The summed E-state index contributed by atoms with van der Waals surface area (Å²) in [5.41, 5.74) is 8.86. The number of allylic oxidation sites excluding steroid dienone is 3. The minimum Gasteiger partial charge on any atom is -0.664 e. The molecule has 0 N–H and O–H groups in total. The van der Waals surface area contributed by atoms with Gasteiger partial charge in [0.25, 0.3) is 0 Å². The molecule has 8 bridgehead atoms. The van der Waals surface area contributed by atoms with E-state index >= 15 is 0 Å². The average Bonchev–Trinajstić information content (AvgIpc) is 4.02. The Morgan fingerprint density at radius 2 is 1.50 bits per heavy atom. The number of hydrogen-bond donors (Lipinski definition) is 0. The van der Waals surface area contributed by atoms with E-state index in [0.29, 0.717) is 85.9 Å². The number of hydrogen-bond acceptors (Lipinski definition) is 6. The van der Waals surface area contributed by atoms with Crippen LogP contribution < -0.4 is 25.7 Å². The largest absolute Gasteiger partial charge is 2.00 e. The Morgan fingerprint density at radius 1 is 0.848 bits per heavy atom. The number of methoxy groups -OCH3 is 1. The average molecular weight is 907 g/mol. The maximum Gasteiger partial charge on any atom is 2.00 e. The Kier molecular flexibility index (Phi) is 18.6. The van der Waals surface area contributed by atoms with Gasteiger partial charge in [0.1, 0.15) is 18.8 Å². The van der Waals surface area contributed by atoms with E-state index in [1.807, 2.05) is 45.9 Å². The third kappa shape index (κ3) is 11.6. The van der Waals surface area contributed by atoms with Gasteiger partial charge in [-0.25, -0.2) is 0 Å². The predicted molar refractivity (Wildman–Crippen MR) is 265 cm³/mol. The van der Waals surface area contributed by atoms with Gasteiger partial charge in [0.05, 0.1) is 7.11 Å². The topological polar surface area (TPSA) is 143 Å². The van der Waals surface area contributed by atoms with Gasteiger partial charge in [-0.3, -0.25) is 19.2 Å². The zero-order chi connectivity index (χ0) is 47.1. The Hall–Kier alpha value is -4.61. The summed E-state index contributed by atoms with van der Waals surface area (Å²) in [6.07, 6.45) is 22.3. The second-order valence-corrected chi connectivity index (χ2v) is 19.3. The van der Waals surface area contributed by atoms with Crippen LogP contribution in [0.5, 0.6) is 0 Å². The van der Waals surface area contributed by atoms with Crippen LogP contribution in [-0.2, 0) is 25.5 Å². The summed E-state index contributed by atoms with van der Waals surface area (Å²) in [5, 5.41) is 6.26. The van der Waals surface area contributed by atoms with Crippen molar-refractivity contribution in [2.45, 2.75) is 139 Å². The SMILES string of the molecule is C=Cc1c2[n-]c(c1C)/C=C1\[N-]/C(=C3\c4[n-]c(c(C)c4C(=O)[C@@H]3C(=O)OC)/C=c3\[n-]/c(c(C=O)c3CC)=C/2)[C@@H](CCC(=O)OC/C=C(\C)CCC[C@H](C)CCC[C@H](C)CCCC(C)C)[C@@H]1C.[Mg+2]. The van der Waals surface area contributed by atoms with Crippen LogP contribution in [0.4, 0.5) is 0 Å². The van der Waals surface area contributed by atoms with Gasteiger partial charge in [0, 0.05) is 17.5 Å². The molecule has 0 amide bonds. The first-order valence-electron chi connectivity index (χ1n) is 24.0. The summed E-state index contributed by atoms with van der Waals surface area (Å²) in [4.78, 5) is 68.9. The minimum absolute atomic E-state index is 0. The van der Waals surface area contributed by atoms with Crippen molar-refractivity contribution in [2.75, 3.05) is 13.7 Å². The van der Waals surface area contributed by atoms with Crippen LogP contribution in [0.15, 0.2) is 29.6 Å². The van der Waals surface area contributed by atoms with Crippen molar-refractivity contribution in [2.24, 2.45) is 35.5 Å². The molecule has 11 heteroatoms. The molecule has 6 rings (SSSR count). The maximum absolute atomic E-state index is 14.4. The Labute approximate surface area is 408 Å². The normalized spacial score (nSPS) is 21.4. The Balaban J connectivity index is 0.00000817. The second-order valence-electron chi connectivity index (χ2n) is 19.3. The standard InChI is InChI=1S/C55H71N4O6.Mg/c1-12-38-35(8)42-27-43-36(9)40(23-24-48(61)65-26-25-34(7)22-16-21-33(6)20-15-19-32(5)18-14-17-31(3)4)52(58-43)50-51(55(63)64-11)54(62)49-37(10)44(59-53(49)50)28-46-39(13-2)41(30-60)47(57-46)29-45(38)56-42;/h12,25,27-33,36,40,51H,1,13-24,26H2,2-11H3,(H-,58,59,60,62);/q-3;+2/p-1/b34-25+,43-27-,47-29+;/t32-,33-,36+,40+,51-;/m1./s1. The molecular weight excluding hydrogens is 837 g/mol. The van der Waals surface area contributed by atoms with E-state index in [2.05, 4.69) is 41.2 Å². The molecule has 10 nitrogen and oxygen atoms in total. The van der Waals surface area contributed by atoms with Crippen LogP contribution in [0.25, 0.3) is 35.2 Å². The third-order valence-corrected chi connectivity index (χ3v) is 14.1. The third-order valence-electron chi connectivity index (χ3n) is 14.1. The number of aldehydes is 1. The molecule has 0 spiro atoms. The molecule has 5 atom stereocenters. The van der Waals surface area contributed by atoms with Gasteiger partial charge in [-0.1, -0.05) is 145 Å². The molecule has 5 heterocycles. The molecule has 3 aromatic rings. The smallest absolute Gasteiger partial charge is 0.664 e. The van der Waals surface area contributed by atoms with Crippen LogP contribution in [-0.4, -0.2) is 60.8 Å². The number of esters is 2. The van der Waals surface area contributed by atoms with Crippen molar-refractivity contribution < 1.29 is 28.7 Å². The number of fused-ring (bicyclic) bond motifs is 7. The van der Waals surface area contributed by atoms with E-state index in [0.717, 1.165) is 47.7 Å². The Bertz CT molecular complexity index is 2510. The summed E-state index contributed by atoms with van der Waals surface area (Å²) in [6, 6.07) is 0. The van der Waals surface area contributed by atoms with Gasteiger partial charge < -0.3 is 29.7 Å². The quantitative estimate of drug-likeness (QED) is 0.0336. The van der Waals surface area contributed by atoms with Gasteiger partial charge in [0.2, 0.25) is 0 Å². The fraction of sp³-hybridized carbons (Fsp3) is 0.527. The first-order chi connectivity index (χ1) is 31.1. The molecule has 350 valence electrons. The molecule has 0 saturated carbocycles. The molecule has 1 saturated heterocycles. The van der Waals surface area contributed by atoms with E-state index in [1.54, 1.807) is 12.2 Å². The van der Waals surface area contributed by atoms with Gasteiger partial charge in [-0.15, -0.1) is 33.5 Å². The molecule has 1 fully saturated rings. The number of rotatable bonds is 21. The maximum atomic E-state index is 14.4. The van der Waals surface area contributed by atoms with E-state index in [-0.39, 0.29) is 53.9 Å². The number of ketones is 1. The fourth-order valence-electron chi connectivity index (χ4n) is 10.0. The van der Waals surface area contributed by atoms with Crippen molar-refractivity contribution in [3.05, 3.63) is 102 Å². The summed E-state index contributed by atoms with van der Waals surface area (Å²) < 4.78 is 11.0. The zero-order valence-electron chi connectivity index (χ0n) is 41.3. The fourth-order valence-corrected chi connectivity index (χ4v) is 10.0.